The van der Waals surface area contributed by atoms with Crippen LogP contribution in [0.2, 0.25) is 0 Å². The van der Waals surface area contributed by atoms with Crippen molar-refractivity contribution < 1.29 is 27.4 Å². The van der Waals surface area contributed by atoms with Gasteiger partial charge in [-0.3, -0.25) is 4.79 Å². The monoisotopic (exact) mass is 336 g/mol. The smallest absolute Gasteiger partial charge is 0.416 e. The molecule has 0 N–H and O–H groups in total. The van der Waals surface area contributed by atoms with Crippen molar-refractivity contribution in [1.82, 2.24) is 0 Å². The Morgan fingerprint density at radius 3 is 2.17 bits per heavy atom. The first kappa shape index (κ1) is 17.6. The molecular formula is C18H15F3O3. The molecule has 0 radical (unpaired) electrons. The molecule has 0 amide bonds. The normalized spacial score (nSPS) is 11.5. The van der Waals surface area contributed by atoms with Crippen LogP contribution in [0.3, 0.4) is 0 Å². The van der Waals surface area contributed by atoms with E-state index in [2.05, 4.69) is 0 Å². The summed E-state index contributed by atoms with van der Waals surface area (Å²) in [4.78, 5) is 12.2. The van der Waals surface area contributed by atoms with E-state index in [-0.39, 0.29) is 11.3 Å². The number of ketones is 1. The van der Waals surface area contributed by atoms with Crippen molar-refractivity contribution in [1.29, 1.82) is 0 Å². The van der Waals surface area contributed by atoms with Gasteiger partial charge in [-0.2, -0.15) is 13.2 Å². The van der Waals surface area contributed by atoms with Crippen molar-refractivity contribution >= 4 is 11.9 Å². The summed E-state index contributed by atoms with van der Waals surface area (Å²) in [5.41, 5.74) is -0.164. The molecular weight excluding hydrogens is 321 g/mol. The van der Waals surface area contributed by atoms with Crippen molar-refractivity contribution in [2.24, 2.45) is 0 Å². The summed E-state index contributed by atoms with van der Waals surface area (Å²) in [6, 6.07) is 9.42. The van der Waals surface area contributed by atoms with Crippen LogP contribution in [-0.4, -0.2) is 20.0 Å². The van der Waals surface area contributed by atoms with E-state index in [9.17, 15) is 18.0 Å². The fourth-order valence-electron chi connectivity index (χ4n) is 2.04. The van der Waals surface area contributed by atoms with Gasteiger partial charge in [0.1, 0.15) is 11.5 Å². The summed E-state index contributed by atoms with van der Waals surface area (Å²) >= 11 is 0. The first-order chi connectivity index (χ1) is 11.3. The number of hydrogen-bond acceptors (Lipinski definition) is 3. The van der Waals surface area contributed by atoms with Crippen molar-refractivity contribution in [3.8, 4) is 11.5 Å². The molecule has 0 atom stereocenters. The number of ether oxygens (including phenoxy) is 2. The van der Waals surface area contributed by atoms with Gasteiger partial charge in [0, 0.05) is 11.6 Å². The van der Waals surface area contributed by atoms with E-state index in [1.54, 1.807) is 6.07 Å². The van der Waals surface area contributed by atoms with Crippen LogP contribution in [0.1, 0.15) is 21.5 Å². The van der Waals surface area contributed by atoms with Crippen LogP contribution in [-0.2, 0) is 6.18 Å². The fourth-order valence-corrected chi connectivity index (χ4v) is 2.04. The molecule has 0 aromatic heterocycles. The van der Waals surface area contributed by atoms with Crippen LogP contribution in [0.4, 0.5) is 13.2 Å². The molecule has 0 fully saturated rings. The first-order valence-corrected chi connectivity index (χ1v) is 6.96. The summed E-state index contributed by atoms with van der Waals surface area (Å²) in [6.45, 7) is 0. The van der Waals surface area contributed by atoms with Gasteiger partial charge in [-0.05, 0) is 35.9 Å². The molecule has 0 bridgehead atoms. The maximum atomic E-state index is 12.7. The van der Waals surface area contributed by atoms with Gasteiger partial charge in [0.25, 0.3) is 0 Å². The minimum Gasteiger partial charge on any atom is -0.497 e. The number of carbonyl (C=O) groups is 1. The van der Waals surface area contributed by atoms with E-state index in [1.807, 2.05) is 0 Å². The predicted octanol–water partition coefficient (Wildman–Crippen LogP) is 4.62. The Hall–Kier alpha value is -2.76. The largest absolute Gasteiger partial charge is 0.497 e. The third-order valence-electron chi connectivity index (χ3n) is 3.28. The molecule has 24 heavy (non-hydrogen) atoms. The Labute approximate surface area is 137 Å². The standard InChI is InChI=1S/C18H15F3O3/c1-23-15-9-13(10-16(11-15)24-2)17(22)7-6-12-4-3-5-14(8-12)18(19,20)21/h3-11H,1-2H3. The molecule has 0 saturated carbocycles. The second-order valence-corrected chi connectivity index (χ2v) is 4.92. The third-order valence-corrected chi connectivity index (χ3v) is 3.28. The summed E-state index contributed by atoms with van der Waals surface area (Å²) in [5.74, 6) is 0.528. The highest BCUT2D eigenvalue weighted by Gasteiger charge is 2.30. The van der Waals surface area contributed by atoms with Gasteiger partial charge in [-0.1, -0.05) is 18.2 Å². The molecule has 2 aromatic rings. The van der Waals surface area contributed by atoms with Crippen LogP contribution >= 0.6 is 0 Å². The highest BCUT2D eigenvalue weighted by Crippen LogP contribution is 2.30. The molecule has 2 aromatic carbocycles. The zero-order valence-corrected chi connectivity index (χ0v) is 13.1. The van der Waals surface area contributed by atoms with E-state index in [0.29, 0.717) is 17.1 Å². The highest BCUT2D eigenvalue weighted by molar-refractivity contribution is 6.07. The summed E-state index contributed by atoms with van der Waals surface area (Å²) in [5, 5.41) is 0. The summed E-state index contributed by atoms with van der Waals surface area (Å²) < 4.78 is 48.2. The number of methoxy groups -OCH3 is 2. The fraction of sp³-hybridized carbons (Fsp3) is 0.167. The number of benzene rings is 2. The van der Waals surface area contributed by atoms with E-state index >= 15 is 0 Å². The van der Waals surface area contributed by atoms with E-state index in [0.717, 1.165) is 12.1 Å². The molecule has 0 aliphatic carbocycles. The maximum absolute atomic E-state index is 12.7. The number of allylic oxidation sites excluding steroid dienone is 1. The van der Waals surface area contributed by atoms with Crippen LogP contribution in [0.15, 0.2) is 48.5 Å². The average Bonchev–Trinajstić information content (AvgIpc) is 2.58. The van der Waals surface area contributed by atoms with Crippen molar-refractivity contribution in [2.75, 3.05) is 14.2 Å². The van der Waals surface area contributed by atoms with Gasteiger partial charge in [-0.25, -0.2) is 0 Å². The lowest BCUT2D eigenvalue weighted by molar-refractivity contribution is -0.137. The molecule has 0 unspecified atom stereocenters. The number of rotatable bonds is 5. The van der Waals surface area contributed by atoms with Gasteiger partial charge in [0.2, 0.25) is 0 Å². The van der Waals surface area contributed by atoms with Gasteiger partial charge < -0.3 is 9.47 Å². The van der Waals surface area contributed by atoms with Gasteiger partial charge in [0.15, 0.2) is 5.78 Å². The van der Waals surface area contributed by atoms with Crippen molar-refractivity contribution in [2.45, 2.75) is 6.18 Å². The average molecular weight is 336 g/mol. The molecule has 0 aliphatic rings. The number of alkyl halides is 3. The molecule has 3 nitrogen and oxygen atoms in total. The third kappa shape index (κ3) is 4.38. The number of carbonyl (C=O) groups excluding carboxylic acids is 1. The topological polar surface area (TPSA) is 35.5 Å². The molecule has 0 heterocycles. The lowest BCUT2D eigenvalue weighted by Crippen LogP contribution is -2.04. The van der Waals surface area contributed by atoms with E-state index in [4.69, 9.17) is 9.47 Å². The molecule has 0 saturated heterocycles. The zero-order valence-electron chi connectivity index (χ0n) is 13.1. The second kappa shape index (κ2) is 7.21. The van der Waals surface area contributed by atoms with Crippen LogP contribution < -0.4 is 9.47 Å². The van der Waals surface area contributed by atoms with Gasteiger partial charge in [0.05, 0.1) is 19.8 Å². The van der Waals surface area contributed by atoms with Crippen LogP contribution in [0, 0.1) is 0 Å². The number of halogens is 3. The molecule has 126 valence electrons. The lowest BCUT2D eigenvalue weighted by atomic mass is 10.1. The van der Waals surface area contributed by atoms with E-state index < -0.39 is 11.7 Å². The Bertz CT molecular complexity index is 742. The van der Waals surface area contributed by atoms with E-state index in [1.165, 1.54) is 50.6 Å². The molecule has 2 rings (SSSR count). The zero-order chi connectivity index (χ0) is 17.7. The van der Waals surface area contributed by atoms with Crippen LogP contribution in [0.5, 0.6) is 11.5 Å². The quantitative estimate of drug-likeness (QED) is 0.590. The van der Waals surface area contributed by atoms with Gasteiger partial charge in [-0.15, -0.1) is 0 Å². The Morgan fingerprint density at radius 2 is 1.62 bits per heavy atom. The molecule has 0 aliphatic heterocycles. The van der Waals surface area contributed by atoms with Crippen molar-refractivity contribution in [3.05, 3.63) is 65.2 Å². The maximum Gasteiger partial charge on any atom is 0.416 e. The first-order valence-electron chi connectivity index (χ1n) is 6.96. The highest BCUT2D eigenvalue weighted by atomic mass is 19.4. The van der Waals surface area contributed by atoms with Gasteiger partial charge >= 0.3 is 6.18 Å². The second-order valence-electron chi connectivity index (χ2n) is 4.92. The number of hydrogen-bond donors (Lipinski definition) is 0. The lowest BCUT2D eigenvalue weighted by Gasteiger charge is -2.07. The minimum atomic E-state index is -4.42. The molecule has 0 spiro atoms. The van der Waals surface area contributed by atoms with Crippen molar-refractivity contribution in [3.63, 3.8) is 0 Å². The Kier molecular flexibility index (Phi) is 5.28. The minimum absolute atomic E-state index is 0.285. The Balaban J connectivity index is 2.25. The summed E-state index contributed by atoms with van der Waals surface area (Å²) in [7, 11) is 2.92. The van der Waals surface area contributed by atoms with Crippen LogP contribution in [0.25, 0.3) is 6.08 Å². The Morgan fingerprint density at radius 1 is 1.00 bits per heavy atom. The molecule has 6 heteroatoms. The summed E-state index contributed by atoms with van der Waals surface area (Å²) in [6.07, 6.45) is -1.87. The SMILES string of the molecule is COc1cc(OC)cc(C(=O)C=Cc2cccc(C(F)(F)F)c2)c1. The predicted molar refractivity (Wildman–Crippen MR) is 84.4 cm³/mol.